The van der Waals surface area contributed by atoms with Gasteiger partial charge in [0.05, 0.1) is 17.4 Å². The Balaban J connectivity index is 1.42. The molecule has 0 aliphatic carbocycles. The summed E-state index contributed by atoms with van der Waals surface area (Å²) in [6.45, 7) is 0.307. The van der Waals surface area contributed by atoms with E-state index in [2.05, 4.69) is 10.4 Å². The summed E-state index contributed by atoms with van der Waals surface area (Å²) < 4.78 is 21.1. The number of amides is 1. The SMILES string of the molecule is O=C(NCc1cnn(-c2ccccc2)c1)c1ccc(-c2ccccc2F)o1. The molecule has 0 spiro atoms. The summed E-state index contributed by atoms with van der Waals surface area (Å²) in [6.07, 6.45) is 3.54. The number of nitrogens with one attached hydrogen (secondary N) is 1. The van der Waals surface area contributed by atoms with Crippen LogP contribution in [0.15, 0.2) is 83.5 Å². The topological polar surface area (TPSA) is 60.1 Å². The van der Waals surface area contributed by atoms with E-state index in [1.165, 1.54) is 12.1 Å². The van der Waals surface area contributed by atoms with E-state index in [1.54, 1.807) is 35.1 Å². The molecule has 4 aromatic rings. The minimum absolute atomic E-state index is 0.128. The summed E-state index contributed by atoms with van der Waals surface area (Å²) in [6, 6.07) is 19.1. The maximum atomic E-state index is 13.8. The van der Waals surface area contributed by atoms with Crippen LogP contribution in [0.3, 0.4) is 0 Å². The first-order valence-electron chi connectivity index (χ1n) is 8.42. The summed E-state index contributed by atoms with van der Waals surface area (Å²) >= 11 is 0. The van der Waals surface area contributed by atoms with E-state index in [9.17, 15) is 9.18 Å². The van der Waals surface area contributed by atoms with Crippen molar-refractivity contribution in [2.75, 3.05) is 0 Å². The lowest BCUT2D eigenvalue weighted by Crippen LogP contribution is -2.21. The number of benzene rings is 2. The predicted molar refractivity (Wildman–Crippen MR) is 98.8 cm³/mol. The average Bonchev–Trinajstić information content (AvgIpc) is 3.37. The number of carbonyl (C=O) groups excluding carboxylic acids is 1. The molecule has 0 aliphatic rings. The maximum Gasteiger partial charge on any atom is 0.287 e. The van der Waals surface area contributed by atoms with Crippen molar-refractivity contribution in [3.63, 3.8) is 0 Å². The van der Waals surface area contributed by atoms with Crippen molar-refractivity contribution < 1.29 is 13.6 Å². The second-order valence-electron chi connectivity index (χ2n) is 5.96. The van der Waals surface area contributed by atoms with Crippen LogP contribution in [0.2, 0.25) is 0 Å². The Morgan fingerprint density at radius 3 is 2.63 bits per heavy atom. The Hall–Kier alpha value is -3.67. The quantitative estimate of drug-likeness (QED) is 0.579. The third-order valence-corrected chi connectivity index (χ3v) is 4.08. The van der Waals surface area contributed by atoms with Gasteiger partial charge in [-0.2, -0.15) is 5.10 Å². The molecule has 5 nitrogen and oxygen atoms in total. The number of nitrogens with zero attached hydrogens (tertiary/aromatic N) is 2. The van der Waals surface area contributed by atoms with Crippen LogP contribution in [-0.4, -0.2) is 15.7 Å². The van der Waals surface area contributed by atoms with Gasteiger partial charge < -0.3 is 9.73 Å². The van der Waals surface area contributed by atoms with Gasteiger partial charge in [0.25, 0.3) is 5.91 Å². The first-order valence-corrected chi connectivity index (χ1v) is 8.42. The number of para-hydroxylation sites is 1. The van der Waals surface area contributed by atoms with Gasteiger partial charge in [0.2, 0.25) is 0 Å². The Kier molecular flexibility index (Phi) is 4.53. The van der Waals surface area contributed by atoms with Crippen molar-refractivity contribution in [1.29, 1.82) is 0 Å². The maximum absolute atomic E-state index is 13.8. The highest BCUT2D eigenvalue weighted by molar-refractivity contribution is 5.92. The highest BCUT2D eigenvalue weighted by atomic mass is 19.1. The zero-order chi connectivity index (χ0) is 18.6. The molecule has 4 rings (SSSR count). The number of hydrogen-bond acceptors (Lipinski definition) is 3. The Morgan fingerprint density at radius 2 is 1.81 bits per heavy atom. The summed E-state index contributed by atoms with van der Waals surface area (Å²) in [5.41, 5.74) is 2.12. The Labute approximate surface area is 155 Å². The van der Waals surface area contributed by atoms with Crippen LogP contribution < -0.4 is 5.32 Å². The fraction of sp³-hybridized carbons (Fsp3) is 0.0476. The van der Waals surface area contributed by atoms with Crippen molar-refractivity contribution in [3.05, 3.63) is 96.3 Å². The molecule has 2 heterocycles. The first kappa shape index (κ1) is 16.8. The third-order valence-electron chi connectivity index (χ3n) is 4.08. The molecule has 1 amide bonds. The van der Waals surface area contributed by atoms with Crippen molar-refractivity contribution in [1.82, 2.24) is 15.1 Å². The van der Waals surface area contributed by atoms with Gasteiger partial charge in [-0.1, -0.05) is 30.3 Å². The standard InChI is InChI=1S/C21H16FN3O2/c22-18-9-5-4-8-17(18)19-10-11-20(27-19)21(26)23-12-15-13-24-25(14-15)16-6-2-1-3-7-16/h1-11,13-14H,12H2,(H,23,26). The van der Waals surface area contributed by atoms with Gasteiger partial charge in [0.15, 0.2) is 5.76 Å². The molecule has 134 valence electrons. The van der Waals surface area contributed by atoms with Crippen LogP contribution >= 0.6 is 0 Å². The minimum Gasteiger partial charge on any atom is -0.451 e. The van der Waals surface area contributed by atoms with E-state index < -0.39 is 5.82 Å². The molecule has 1 N–H and O–H groups in total. The third kappa shape index (κ3) is 3.64. The second kappa shape index (κ2) is 7.29. The smallest absolute Gasteiger partial charge is 0.287 e. The van der Waals surface area contributed by atoms with Crippen LogP contribution in [0.25, 0.3) is 17.0 Å². The fourth-order valence-electron chi connectivity index (χ4n) is 2.71. The molecule has 0 unspecified atom stereocenters. The van der Waals surface area contributed by atoms with Gasteiger partial charge in [-0.3, -0.25) is 4.79 Å². The lowest BCUT2D eigenvalue weighted by atomic mass is 10.1. The molecular weight excluding hydrogens is 345 g/mol. The van der Waals surface area contributed by atoms with Gasteiger partial charge in [-0.15, -0.1) is 0 Å². The molecule has 0 radical (unpaired) electrons. The zero-order valence-electron chi connectivity index (χ0n) is 14.3. The lowest BCUT2D eigenvalue weighted by Gasteiger charge is -2.02. The van der Waals surface area contributed by atoms with Crippen molar-refractivity contribution in [2.45, 2.75) is 6.54 Å². The highest BCUT2D eigenvalue weighted by Crippen LogP contribution is 2.24. The predicted octanol–water partition coefficient (Wildman–Crippen LogP) is 4.20. The molecule has 2 aromatic carbocycles. The normalized spacial score (nSPS) is 10.7. The molecule has 0 aliphatic heterocycles. The van der Waals surface area contributed by atoms with Crippen LogP contribution in [0.1, 0.15) is 16.1 Å². The van der Waals surface area contributed by atoms with Crippen LogP contribution in [0, 0.1) is 5.82 Å². The number of aromatic nitrogens is 2. The molecule has 2 aromatic heterocycles. The summed E-state index contributed by atoms with van der Waals surface area (Å²) in [5.74, 6) is -0.323. The van der Waals surface area contributed by atoms with Gasteiger partial charge >= 0.3 is 0 Å². The molecule has 0 saturated heterocycles. The number of rotatable bonds is 5. The number of furan rings is 1. The van der Waals surface area contributed by atoms with Crippen LogP contribution in [-0.2, 0) is 6.54 Å². The van der Waals surface area contributed by atoms with Crippen molar-refractivity contribution >= 4 is 5.91 Å². The van der Waals surface area contributed by atoms with E-state index in [0.717, 1.165) is 11.3 Å². The summed E-state index contributed by atoms with van der Waals surface area (Å²) in [5, 5.41) is 7.07. The lowest BCUT2D eigenvalue weighted by molar-refractivity contribution is 0.0924. The molecule has 0 bridgehead atoms. The molecule has 27 heavy (non-hydrogen) atoms. The van der Waals surface area contributed by atoms with E-state index in [4.69, 9.17) is 4.42 Å². The second-order valence-corrected chi connectivity index (χ2v) is 5.96. The highest BCUT2D eigenvalue weighted by Gasteiger charge is 2.14. The first-order chi connectivity index (χ1) is 13.2. The molecule has 0 atom stereocenters. The largest absolute Gasteiger partial charge is 0.451 e. The minimum atomic E-state index is -0.396. The summed E-state index contributed by atoms with van der Waals surface area (Å²) in [7, 11) is 0. The van der Waals surface area contributed by atoms with Gasteiger partial charge in [-0.25, -0.2) is 9.07 Å². The Bertz CT molecular complexity index is 1070. The van der Waals surface area contributed by atoms with Crippen molar-refractivity contribution in [2.24, 2.45) is 0 Å². The van der Waals surface area contributed by atoms with E-state index >= 15 is 0 Å². The van der Waals surface area contributed by atoms with E-state index in [1.807, 2.05) is 36.5 Å². The van der Waals surface area contributed by atoms with Gasteiger partial charge in [0.1, 0.15) is 11.6 Å². The van der Waals surface area contributed by atoms with Crippen LogP contribution in [0.5, 0.6) is 0 Å². The van der Waals surface area contributed by atoms with Crippen LogP contribution in [0.4, 0.5) is 4.39 Å². The fourth-order valence-corrected chi connectivity index (χ4v) is 2.71. The average molecular weight is 361 g/mol. The molecule has 0 saturated carbocycles. The van der Waals surface area contributed by atoms with E-state index in [0.29, 0.717) is 17.9 Å². The zero-order valence-corrected chi connectivity index (χ0v) is 14.3. The summed E-state index contributed by atoms with van der Waals surface area (Å²) in [4.78, 5) is 12.3. The van der Waals surface area contributed by atoms with Gasteiger partial charge in [0, 0.05) is 18.3 Å². The molecular formula is C21H16FN3O2. The number of halogens is 1. The number of hydrogen-bond donors (Lipinski definition) is 1. The molecule has 0 fully saturated rings. The Morgan fingerprint density at radius 1 is 1.04 bits per heavy atom. The van der Waals surface area contributed by atoms with Gasteiger partial charge in [-0.05, 0) is 36.4 Å². The number of carbonyl (C=O) groups is 1. The van der Waals surface area contributed by atoms with Crippen molar-refractivity contribution in [3.8, 4) is 17.0 Å². The van der Waals surface area contributed by atoms with E-state index in [-0.39, 0.29) is 11.7 Å². The molecule has 6 heteroatoms. The monoisotopic (exact) mass is 361 g/mol.